The molecule has 2 heterocycles. The molecule has 24 heavy (non-hydrogen) atoms. The van der Waals surface area contributed by atoms with Crippen LogP contribution in [-0.4, -0.2) is 19.9 Å². The second kappa shape index (κ2) is 8.10. The lowest BCUT2D eigenvalue weighted by molar-refractivity contribution is 0.571. The summed E-state index contributed by atoms with van der Waals surface area (Å²) in [6, 6.07) is 0. The molecule has 0 saturated carbocycles. The van der Waals surface area contributed by atoms with Crippen molar-refractivity contribution in [3.63, 3.8) is 0 Å². The first-order valence-electron chi connectivity index (χ1n) is 8.11. The van der Waals surface area contributed by atoms with Crippen molar-refractivity contribution in [2.24, 2.45) is 11.8 Å². The predicted octanol–water partition coefficient (Wildman–Crippen LogP) is 3.13. The minimum atomic E-state index is -0.319. The van der Waals surface area contributed by atoms with Gasteiger partial charge in [0.25, 0.3) is 5.56 Å². The summed E-state index contributed by atoms with van der Waals surface area (Å²) in [5, 5.41) is 0. The molecule has 2 aromatic heterocycles. The summed E-state index contributed by atoms with van der Waals surface area (Å²) >= 11 is 5.01. The van der Waals surface area contributed by atoms with Gasteiger partial charge in [-0.3, -0.25) is 9.78 Å². The topological polar surface area (TPSA) is 103 Å². The van der Waals surface area contributed by atoms with Gasteiger partial charge >= 0.3 is 0 Å². The molecule has 0 aliphatic heterocycles. The Morgan fingerprint density at radius 3 is 2.79 bits per heavy atom. The molecule has 0 aliphatic rings. The summed E-state index contributed by atoms with van der Waals surface area (Å²) in [7, 11) is 0. The second-order valence-corrected chi connectivity index (χ2v) is 6.88. The number of nitrogen functional groups attached to an aromatic ring is 1. The van der Waals surface area contributed by atoms with E-state index in [1.54, 1.807) is 6.33 Å². The van der Waals surface area contributed by atoms with E-state index in [2.05, 4.69) is 46.8 Å². The maximum atomic E-state index is 11.7. The van der Waals surface area contributed by atoms with E-state index in [-0.39, 0.29) is 11.2 Å². The standard InChI is InChI=1S/C17H25N5OS/c1-10(6-14-15(18)16(23)22-17(24)21-14)4-5-11(2)12(3)7-13-8-19-9-20-13/h5,8-10,12H,4,6-7,18H2,1-3H3,(H,19,20)(H2,21,22,23,24)/b11-5-/t10?,12-/m0/s1. The molecule has 0 spiro atoms. The third-order valence-corrected chi connectivity index (χ3v) is 4.52. The molecule has 130 valence electrons. The second-order valence-electron chi connectivity index (χ2n) is 6.48. The number of rotatable bonds is 7. The highest BCUT2D eigenvalue weighted by molar-refractivity contribution is 7.71. The highest BCUT2D eigenvalue weighted by Crippen LogP contribution is 2.19. The molecule has 7 heteroatoms. The Labute approximate surface area is 146 Å². The number of aromatic amines is 3. The number of hydrogen-bond donors (Lipinski definition) is 4. The number of hydrogen-bond acceptors (Lipinski definition) is 4. The first kappa shape index (κ1) is 18.2. The number of anilines is 1. The Kier molecular flexibility index (Phi) is 6.14. The molecule has 0 aliphatic carbocycles. The Bertz CT molecular complexity index is 803. The van der Waals surface area contributed by atoms with Gasteiger partial charge in [0.05, 0.1) is 6.33 Å². The van der Waals surface area contributed by atoms with E-state index < -0.39 is 0 Å². The molecule has 6 nitrogen and oxygen atoms in total. The quantitative estimate of drug-likeness (QED) is 0.456. The smallest absolute Gasteiger partial charge is 0.275 e. The first-order valence-corrected chi connectivity index (χ1v) is 8.52. The van der Waals surface area contributed by atoms with Crippen LogP contribution in [0, 0.1) is 16.6 Å². The molecule has 2 aromatic rings. The SMILES string of the molecule is C/C(=C/CC(C)Cc1[nH]c(=S)[nH]c(=O)c1N)[C@@H](C)Cc1cnc[nH]1. The van der Waals surface area contributed by atoms with Crippen LogP contribution in [0.4, 0.5) is 5.69 Å². The van der Waals surface area contributed by atoms with Crippen LogP contribution in [0.1, 0.15) is 38.6 Å². The summed E-state index contributed by atoms with van der Waals surface area (Å²) in [6.45, 7) is 6.51. The Balaban J connectivity index is 1.95. The van der Waals surface area contributed by atoms with Gasteiger partial charge in [-0.15, -0.1) is 0 Å². The van der Waals surface area contributed by atoms with Gasteiger partial charge in [-0.05, 0) is 50.2 Å². The van der Waals surface area contributed by atoms with Crippen LogP contribution in [0.15, 0.2) is 29.0 Å². The van der Waals surface area contributed by atoms with Gasteiger partial charge in [0.2, 0.25) is 0 Å². The van der Waals surface area contributed by atoms with Gasteiger partial charge in [-0.2, -0.15) is 0 Å². The van der Waals surface area contributed by atoms with E-state index in [0.29, 0.717) is 28.7 Å². The Hall–Kier alpha value is -2.15. The van der Waals surface area contributed by atoms with Crippen molar-refractivity contribution in [2.75, 3.05) is 5.73 Å². The monoisotopic (exact) mass is 347 g/mol. The maximum absolute atomic E-state index is 11.7. The van der Waals surface area contributed by atoms with Crippen LogP contribution in [-0.2, 0) is 12.8 Å². The summed E-state index contributed by atoms with van der Waals surface area (Å²) in [5.41, 5.74) is 8.95. The van der Waals surface area contributed by atoms with Crippen molar-refractivity contribution < 1.29 is 0 Å². The molecule has 0 bridgehead atoms. The summed E-state index contributed by atoms with van der Waals surface area (Å²) in [5.74, 6) is 0.808. The third kappa shape index (κ3) is 4.92. The van der Waals surface area contributed by atoms with Crippen molar-refractivity contribution in [1.82, 2.24) is 19.9 Å². The van der Waals surface area contributed by atoms with E-state index in [1.165, 1.54) is 5.57 Å². The lowest BCUT2D eigenvalue weighted by Gasteiger charge is -2.14. The number of nitrogens with zero attached hydrogens (tertiary/aromatic N) is 1. The zero-order valence-corrected chi connectivity index (χ0v) is 15.2. The van der Waals surface area contributed by atoms with E-state index in [1.807, 2.05) is 6.20 Å². The van der Waals surface area contributed by atoms with Crippen molar-refractivity contribution in [3.8, 4) is 0 Å². The van der Waals surface area contributed by atoms with E-state index >= 15 is 0 Å². The van der Waals surface area contributed by atoms with Crippen LogP contribution >= 0.6 is 12.2 Å². The molecule has 0 saturated heterocycles. The van der Waals surface area contributed by atoms with Crippen LogP contribution in [0.2, 0.25) is 0 Å². The Morgan fingerprint density at radius 2 is 2.12 bits per heavy atom. The van der Waals surface area contributed by atoms with Gasteiger partial charge in [0.15, 0.2) is 4.77 Å². The number of nitrogens with two attached hydrogens (primary N) is 1. The molecule has 0 fully saturated rings. The molecular formula is C17H25N5OS. The highest BCUT2D eigenvalue weighted by atomic mass is 32.1. The van der Waals surface area contributed by atoms with Gasteiger partial charge in [-0.25, -0.2) is 4.98 Å². The van der Waals surface area contributed by atoms with Gasteiger partial charge < -0.3 is 15.7 Å². The summed E-state index contributed by atoms with van der Waals surface area (Å²) < 4.78 is 0.316. The summed E-state index contributed by atoms with van der Waals surface area (Å²) in [6.07, 6.45) is 8.40. The molecule has 5 N–H and O–H groups in total. The normalized spacial score (nSPS) is 14.5. The highest BCUT2D eigenvalue weighted by Gasteiger charge is 2.11. The number of imidazole rings is 1. The fourth-order valence-electron chi connectivity index (χ4n) is 2.61. The fourth-order valence-corrected chi connectivity index (χ4v) is 2.83. The van der Waals surface area contributed by atoms with Crippen LogP contribution in [0.5, 0.6) is 0 Å². The average Bonchev–Trinajstić information content (AvgIpc) is 3.02. The lowest BCUT2D eigenvalue weighted by Crippen LogP contribution is -2.18. The number of aromatic nitrogens is 4. The largest absolute Gasteiger partial charge is 0.393 e. The lowest BCUT2D eigenvalue weighted by atomic mass is 9.93. The fraction of sp³-hybridized carbons (Fsp3) is 0.471. The van der Waals surface area contributed by atoms with Gasteiger partial charge in [-0.1, -0.05) is 25.5 Å². The zero-order chi connectivity index (χ0) is 17.7. The molecule has 2 atom stereocenters. The number of nitrogens with one attached hydrogen (secondary N) is 3. The van der Waals surface area contributed by atoms with Crippen molar-refractivity contribution in [3.05, 3.63) is 50.7 Å². The van der Waals surface area contributed by atoms with E-state index in [9.17, 15) is 4.79 Å². The minimum absolute atomic E-state index is 0.226. The summed E-state index contributed by atoms with van der Waals surface area (Å²) in [4.78, 5) is 24.3. The van der Waals surface area contributed by atoms with Crippen molar-refractivity contribution in [1.29, 1.82) is 0 Å². The van der Waals surface area contributed by atoms with Gasteiger partial charge in [0, 0.05) is 17.6 Å². The van der Waals surface area contributed by atoms with Crippen molar-refractivity contribution >= 4 is 17.9 Å². The third-order valence-electron chi connectivity index (χ3n) is 4.31. The van der Waals surface area contributed by atoms with E-state index in [4.69, 9.17) is 18.0 Å². The molecule has 0 radical (unpaired) electrons. The van der Waals surface area contributed by atoms with Crippen LogP contribution < -0.4 is 11.3 Å². The molecule has 0 amide bonds. The predicted molar refractivity (Wildman–Crippen MR) is 99.4 cm³/mol. The van der Waals surface area contributed by atoms with E-state index in [0.717, 1.165) is 18.5 Å². The van der Waals surface area contributed by atoms with Crippen molar-refractivity contribution in [2.45, 2.75) is 40.0 Å². The Morgan fingerprint density at radius 1 is 1.38 bits per heavy atom. The van der Waals surface area contributed by atoms with Crippen LogP contribution in [0.3, 0.4) is 0 Å². The zero-order valence-electron chi connectivity index (χ0n) is 14.3. The molecule has 1 unspecified atom stereocenters. The number of H-pyrrole nitrogens is 3. The molecular weight excluding hydrogens is 322 g/mol. The number of allylic oxidation sites excluding steroid dienone is 2. The van der Waals surface area contributed by atoms with Gasteiger partial charge in [0.1, 0.15) is 5.69 Å². The molecule has 2 rings (SSSR count). The molecule has 0 aromatic carbocycles. The maximum Gasteiger partial charge on any atom is 0.275 e. The first-order chi connectivity index (χ1) is 11.4. The van der Waals surface area contributed by atoms with Crippen LogP contribution in [0.25, 0.3) is 0 Å². The average molecular weight is 347 g/mol. The minimum Gasteiger partial charge on any atom is -0.393 e.